The summed E-state index contributed by atoms with van der Waals surface area (Å²) < 4.78 is 2.65. The molecule has 1 unspecified atom stereocenters. The minimum Gasteiger partial charge on any atom is -0.311 e. The van der Waals surface area contributed by atoms with Gasteiger partial charge in [0.2, 0.25) is 0 Å². The van der Waals surface area contributed by atoms with Gasteiger partial charge in [-0.1, -0.05) is 48.6 Å². The highest BCUT2D eigenvalue weighted by molar-refractivity contribution is 7.71. The molecule has 0 aliphatic heterocycles. The van der Waals surface area contributed by atoms with E-state index in [0.29, 0.717) is 4.77 Å². The number of nitrogens with zero attached hydrogens (tertiary/aromatic N) is 2. The van der Waals surface area contributed by atoms with Gasteiger partial charge in [-0.2, -0.15) is 5.10 Å². The number of likely N-dealkylation sites (N-methyl/N-ethyl adjacent to an activating group) is 1. The van der Waals surface area contributed by atoms with Gasteiger partial charge in [0.05, 0.1) is 5.69 Å². The van der Waals surface area contributed by atoms with Crippen LogP contribution < -0.4 is 5.32 Å². The van der Waals surface area contributed by atoms with Crippen LogP contribution in [0.15, 0.2) is 60.2 Å². The van der Waals surface area contributed by atoms with Crippen LogP contribution in [0.4, 0.5) is 0 Å². The van der Waals surface area contributed by atoms with Crippen molar-refractivity contribution in [2.24, 2.45) is 0 Å². The van der Waals surface area contributed by atoms with Gasteiger partial charge < -0.3 is 5.32 Å². The van der Waals surface area contributed by atoms with Gasteiger partial charge >= 0.3 is 0 Å². The normalized spacial score (nSPS) is 20.1. The van der Waals surface area contributed by atoms with E-state index in [-0.39, 0.29) is 5.54 Å². The zero-order valence-corrected chi connectivity index (χ0v) is 16.0. The van der Waals surface area contributed by atoms with Crippen LogP contribution >= 0.6 is 12.2 Å². The molecule has 3 aromatic rings. The van der Waals surface area contributed by atoms with Crippen LogP contribution in [-0.4, -0.2) is 27.4 Å². The lowest BCUT2D eigenvalue weighted by molar-refractivity contribution is 0.479. The molecule has 0 amide bonds. The van der Waals surface area contributed by atoms with Gasteiger partial charge in [0.1, 0.15) is 0 Å². The van der Waals surface area contributed by atoms with Crippen LogP contribution in [0.25, 0.3) is 22.0 Å². The lowest BCUT2D eigenvalue weighted by atomic mass is 9.86. The number of rotatable bonds is 3. The number of nitrogens with one attached hydrogen (secondary N) is 2. The molecular weight excluding hydrogens is 340 g/mol. The summed E-state index contributed by atoms with van der Waals surface area (Å²) in [5.74, 6) is 0.859. The van der Waals surface area contributed by atoms with Crippen molar-refractivity contribution >= 4 is 28.6 Å². The van der Waals surface area contributed by atoms with Crippen LogP contribution in [0.2, 0.25) is 0 Å². The first-order valence-electron chi connectivity index (χ1n) is 8.77. The minimum atomic E-state index is -0.0229. The van der Waals surface area contributed by atoms with Gasteiger partial charge in [0, 0.05) is 16.5 Å². The first-order chi connectivity index (χ1) is 12.5. The highest BCUT2D eigenvalue weighted by atomic mass is 32.1. The number of H-pyrrole nitrogens is 1. The van der Waals surface area contributed by atoms with Crippen LogP contribution in [0, 0.1) is 4.77 Å². The van der Waals surface area contributed by atoms with Crippen molar-refractivity contribution in [3.63, 3.8) is 0 Å². The number of benzene rings is 2. The van der Waals surface area contributed by atoms with Crippen molar-refractivity contribution in [1.82, 2.24) is 20.1 Å². The van der Waals surface area contributed by atoms with Crippen molar-refractivity contribution in [3.05, 3.63) is 70.8 Å². The van der Waals surface area contributed by atoms with E-state index in [1.165, 1.54) is 11.0 Å². The molecule has 0 spiro atoms. The third-order valence-corrected chi connectivity index (χ3v) is 5.46. The smallest absolute Gasteiger partial charge is 0.200 e. The Labute approximate surface area is 158 Å². The van der Waals surface area contributed by atoms with Crippen molar-refractivity contribution in [3.8, 4) is 5.69 Å². The molecule has 1 heterocycles. The Morgan fingerprint density at radius 3 is 2.73 bits per heavy atom. The monoisotopic (exact) mass is 362 g/mol. The number of hydrogen-bond donors (Lipinski definition) is 2. The predicted molar refractivity (Wildman–Crippen MR) is 110 cm³/mol. The van der Waals surface area contributed by atoms with Gasteiger partial charge in [-0.05, 0) is 56.6 Å². The molecular formula is C21H22N4S. The molecule has 2 N–H and O–H groups in total. The molecule has 1 aromatic heterocycles. The maximum atomic E-state index is 5.58. The van der Waals surface area contributed by atoms with Gasteiger partial charge in [-0.25, -0.2) is 0 Å². The van der Waals surface area contributed by atoms with Crippen LogP contribution in [-0.2, 0) is 0 Å². The van der Waals surface area contributed by atoms with Gasteiger partial charge in [0.15, 0.2) is 10.6 Å². The summed E-state index contributed by atoms with van der Waals surface area (Å²) in [6, 6.07) is 14.6. The molecule has 0 fully saturated rings. The minimum absolute atomic E-state index is 0.0229. The molecule has 2 aromatic carbocycles. The first kappa shape index (κ1) is 16.9. The number of fused-ring (bicyclic) bond motifs is 1. The third kappa shape index (κ3) is 2.73. The predicted octanol–water partition coefficient (Wildman–Crippen LogP) is 4.79. The van der Waals surface area contributed by atoms with Crippen molar-refractivity contribution < 1.29 is 0 Å². The summed E-state index contributed by atoms with van der Waals surface area (Å²) in [4.78, 5) is 0. The SMILES string of the molecule is CNC1(C)C=C(C)C(c2n[nH]c(=S)n2-c2cccc3ccccc23)=CC1. The van der Waals surface area contributed by atoms with E-state index in [1.54, 1.807) is 0 Å². The van der Waals surface area contributed by atoms with E-state index in [2.05, 4.69) is 84.0 Å². The summed E-state index contributed by atoms with van der Waals surface area (Å²) in [5.41, 5.74) is 3.35. The molecule has 4 rings (SSSR count). The molecule has 0 saturated heterocycles. The van der Waals surface area contributed by atoms with E-state index in [9.17, 15) is 0 Å². The highest BCUT2D eigenvalue weighted by Gasteiger charge is 2.26. The summed E-state index contributed by atoms with van der Waals surface area (Å²) in [5, 5.41) is 13.3. The fourth-order valence-corrected chi connectivity index (χ4v) is 3.87. The Balaban J connectivity index is 1.91. The van der Waals surface area contributed by atoms with Crippen molar-refractivity contribution in [1.29, 1.82) is 0 Å². The Morgan fingerprint density at radius 1 is 1.19 bits per heavy atom. The Kier molecular flexibility index (Phi) is 4.13. The summed E-state index contributed by atoms with van der Waals surface area (Å²) >= 11 is 5.58. The molecule has 1 aliphatic rings. The average Bonchev–Trinajstić information content (AvgIpc) is 3.02. The zero-order valence-electron chi connectivity index (χ0n) is 15.2. The molecule has 0 bridgehead atoms. The molecule has 0 radical (unpaired) electrons. The molecule has 5 heteroatoms. The number of aromatic amines is 1. The summed E-state index contributed by atoms with van der Waals surface area (Å²) in [6.07, 6.45) is 5.43. The second-order valence-corrected chi connectivity index (χ2v) is 7.39. The Bertz CT molecular complexity index is 1100. The largest absolute Gasteiger partial charge is 0.311 e. The van der Waals surface area contributed by atoms with E-state index < -0.39 is 0 Å². The topological polar surface area (TPSA) is 45.6 Å². The van der Waals surface area contributed by atoms with E-state index in [1.807, 2.05) is 11.6 Å². The lowest BCUT2D eigenvalue weighted by Crippen LogP contribution is -2.38. The maximum absolute atomic E-state index is 5.58. The van der Waals surface area contributed by atoms with Gasteiger partial charge in [0.25, 0.3) is 0 Å². The fraction of sp³-hybridized carbons (Fsp3) is 0.238. The van der Waals surface area contributed by atoms with Crippen LogP contribution in [0.3, 0.4) is 0 Å². The summed E-state index contributed by atoms with van der Waals surface area (Å²) in [7, 11) is 1.99. The lowest BCUT2D eigenvalue weighted by Gasteiger charge is -2.29. The van der Waals surface area contributed by atoms with Gasteiger partial charge in [-0.3, -0.25) is 9.67 Å². The molecule has 1 atom stereocenters. The first-order valence-corrected chi connectivity index (χ1v) is 9.18. The Morgan fingerprint density at radius 2 is 1.96 bits per heavy atom. The van der Waals surface area contributed by atoms with Crippen molar-refractivity contribution in [2.75, 3.05) is 7.05 Å². The number of hydrogen-bond acceptors (Lipinski definition) is 3. The van der Waals surface area contributed by atoms with Gasteiger partial charge in [-0.15, -0.1) is 0 Å². The van der Waals surface area contributed by atoms with Crippen LogP contribution in [0.1, 0.15) is 26.1 Å². The standard InChI is InChI=1S/C21H22N4S/c1-14-13-21(2,22-3)12-11-16(14)19-23-24-20(26)25(19)18-10-6-8-15-7-4-5-9-17(15)18/h4-11,13,22H,12H2,1-3H3,(H,24,26). The number of aromatic nitrogens is 3. The molecule has 26 heavy (non-hydrogen) atoms. The van der Waals surface area contributed by atoms with Crippen LogP contribution in [0.5, 0.6) is 0 Å². The Hall–Kier alpha value is -2.50. The molecule has 132 valence electrons. The number of allylic oxidation sites excluding steroid dienone is 2. The highest BCUT2D eigenvalue weighted by Crippen LogP contribution is 2.33. The fourth-order valence-electron chi connectivity index (χ4n) is 3.64. The average molecular weight is 363 g/mol. The molecule has 1 aliphatic carbocycles. The summed E-state index contributed by atoms with van der Waals surface area (Å²) in [6.45, 7) is 4.33. The van der Waals surface area contributed by atoms with E-state index in [0.717, 1.165) is 28.9 Å². The second kappa shape index (κ2) is 6.34. The molecule has 0 saturated carbocycles. The third-order valence-electron chi connectivity index (χ3n) is 5.18. The van der Waals surface area contributed by atoms with E-state index >= 15 is 0 Å². The molecule has 4 nitrogen and oxygen atoms in total. The van der Waals surface area contributed by atoms with E-state index in [4.69, 9.17) is 12.2 Å². The maximum Gasteiger partial charge on any atom is 0.200 e. The quantitative estimate of drug-likeness (QED) is 0.658. The van der Waals surface area contributed by atoms with Crippen molar-refractivity contribution in [2.45, 2.75) is 25.8 Å². The zero-order chi connectivity index (χ0) is 18.3. The second-order valence-electron chi connectivity index (χ2n) is 7.00.